The van der Waals surface area contributed by atoms with Crippen molar-refractivity contribution < 1.29 is 4.52 Å². The van der Waals surface area contributed by atoms with Crippen LogP contribution >= 0.6 is 0 Å². The second-order valence-electron chi connectivity index (χ2n) is 4.00. The first-order valence-electron chi connectivity index (χ1n) is 5.07. The Morgan fingerprint density at radius 1 is 1.29 bits per heavy atom. The van der Waals surface area contributed by atoms with E-state index in [-0.39, 0.29) is 11.4 Å². The van der Waals surface area contributed by atoms with E-state index in [2.05, 4.69) is 10.1 Å². The summed E-state index contributed by atoms with van der Waals surface area (Å²) in [4.78, 5) is 4.10. The Kier molecular flexibility index (Phi) is 2.41. The minimum Gasteiger partial charge on any atom is -0.365 e. The van der Waals surface area contributed by atoms with Crippen molar-refractivity contribution in [3.8, 4) is 0 Å². The van der Waals surface area contributed by atoms with Crippen LogP contribution in [-0.2, 0) is 5.41 Å². The number of aromatic nitrogens is 2. The number of hydrogen-bond donors (Lipinski definition) is 2. The maximum Gasteiger partial charge on any atom is 0.260 e. The van der Waals surface area contributed by atoms with Crippen molar-refractivity contribution in [2.24, 2.45) is 5.73 Å². The SMILES string of the molecule is NCC1(c2nc(N)no2)CCCCC1. The molecule has 1 aromatic heterocycles. The first-order chi connectivity index (χ1) is 6.77. The molecular formula is C9H16N4O. The molecule has 0 amide bonds. The van der Waals surface area contributed by atoms with Crippen LogP contribution in [-0.4, -0.2) is 16.7 Å². The molecule has 0 unspecified atom stereocenters. The van der Waals surface area contributed by atoms with Crippen molar-refractivity contribution in [2.45, 2.75) is 37.5 Å². The Morgan fingerprint density at radius 2 is 2.00 bits per heavy atom. The van der Waals surface area contributed by atoms with Crippen LogP contribution in [0.25, 0.3) is 0 Å². The third kappa shape index (κ3) is 1.48. The Morgan fingerprint density at radius 3 is 2.50 bits per heavy atom. The van der Waals surface area contributed by atoms with Crippen LogP contribution in [0.2, 0.25) is 0 Å². The van der Waals surface area contributed by atoms with E-state index in [1.807, 2.05) is 0 Å². The van der Waals surface area contributed by atoms with Crippen molar-refractivity contribution in [1.29, 1.82) is 0 Å². The molecule has 0 saturated heterocycles. The third-order valence-corrected chi connectivity index (χ3v) is 3.10. The summed E-state index contributed by atoms with van der Waals surface area (Å²) in [5.41, 5.74) is 11.1. The van der Waals surface area contributed by atoms with Crippen LogP contribution in [0.4, 0.5) is 5.95 Å². The lowest BCUT2D eigenvalue weighted by Crippen LogP contribution is -2.37. The van der Waals surface area contributed by atoms with E-state index in [1.54, 1.807) is 0 Å². The lowest BCUT2D eigenvalue weighted by atomic mass is 9.74. The van der Waals surface area contributed by atoms with E-state index in [4.69, 9.17) is 16.0 Å². The number of rotatable bonds is 2. The second-order valence-corrected chi connectivity index (χ2v) is 4.00. The van der Waals surface area contributed by atoms with Crippen molar-refractivity contribution in [2.75, 3.05) is 12.3 Å². The Bertz CT molecular complexity index is 304. The summed E-state index contributed by atoms with van der Waals surface area (Å²) < 4.78 is 5.13. The van der Waals surface area contributed by atoms with Crippen molar-refractivity contribution in [3.05, 3.63) is 5.89 Å². The summed E-state index contributed by atoms with van der Waals surface area (Å²) in [6.45, 7) is 0.564. The molecule has 5 nitrogen and oxygen atoms in total. The van der Waals surface area contributed by atoms with Crippen molar-refractivity contribution >= 4 is 5.95 Å². The largest absolute Gasteiger partial charge is 0.365 e. The molecule has 1 fully saturated rings. The average Bonchev–Trinajstić information content (AvgIpc) is 2.66. The fourth-order valence-corrected chi connectivity index (χ4v) is 2.18. The Balaban J connectivity index is 2.26. The van der Waals surface area contributed by atoms with Crippen molar-refractivity contribution in [1.82, 2.24) is 10.1 Å². The molecular weight excluding hydrogens is 180 g/mol. The highest BCUT2D eigenvalue weighted by Crippen LogP contribution is 2.37. The molecule has 1 aliphatic carbocycles. The predicted molar refractivity (Wildman–Crippen MR) is 52.5 cm³/mol. The zero-order chi connectivity index (χ0) is 10.0. The molecule has 1 heterocycles. The molecule has 5 heteroatoms. The molecule has 0 aromatic carbocycles. The highest BCUT2D eigenvalue weighted by atomic mass is 16.5. The van der Waals surface area contributed by atoms with Crippen LogP contribution < -0.4 is 11.5 Å². The third-order valence-electron chi connectivity index (χ3n) is 3.10. The molecule has 1 saturated carbocycles. The number of nitrogen functional groups attached to an aromatic ring is 1. The average molecular weight is 196 g/mol. The summed E-state index contributed by atoms with van der Waals surface area (Å²) in [5.74, 6) is 0.829. The smallest absolute Gasteiger partial charge is 0.260 e. The Labute approximate surface area is 82.8 Å². The van der Waals surface area contributed by atoms with Gasteiger partial charge in [0.1, 0.15) is 0 Å². The number of anilines is 1. The van der Waals surface area contributed by atoms with Gasteiger partial charge in [-0.1, -0.05) is 19.3 Å². The molecule has 0 aliphatic heterocycles. The molecule has 2 rings (SSSR count). The van der Waals surface area contributed by atoms with Crippen LogP contribution in [0.15, 0.2) is 4.52 Å². The molecule has 0 spiro atoms. The minimum atomic E-state index is -0.108. The van der Waals surface area contributed by atoms with Gasteiger partial charge in [-0.3, -0.25) is 0 Å². The van der Waals surface area contributed by atoms with E-state index >= 15 is 0 Å². The molecule has 0 atom stereocenters. The predicted octanol–water partition coefficient (Wildman–Crippen LogP) is 0.812. The molecule has 0 bridgehead atoms. The van der Waals surface area contributed by atoms with Gasteiger partial charge in [0.2, 0.25) is 5.89 Å². The standard InChI is InChI=1S/C9H16N4O/c10-6-9(4-2-1-3-5-9)7-12-8(11)13-14-7/h1-6,10H2,(H2,11,13). The first-order valence-corrected chi connectivity index (χ1v) is 5.07. The van der Waals surface area contributed by atoms with Gasteiger partial charge in [0.25, 0.3) is 5.95 Å². The topological polar surface area (TPSA) is 91.0 Å². The van der Waals surface area contributed by atoms with Crippen LogP contribution in [0, 0.1) is 0 Å². The number of nitrogens with zero attached hydrogens (tertiary/aromatic N) is 2. The van der Waals surface area contributed by atoms with Gasteiger partial charge in [-0.2, -0.15) is 4.98 Å². The fraction of sp³-hybridized carbons (Fsp3) is 0.778. The van der Waals surface area contributed by atoms with E-state index in [0.717, 1.165) is 12.8 Å². The van der Waals surface area contributed by atoms with Crippen molar-refractivity contribution in [3.63, 3.8) is 0 Å². The summed E-state index contributed by atoms with van der Waals surface area (Å²) in [7, 11) is 0. The number of hydrogen-bond acceptors (Lipinski definition) is 5. The quantitative estimate of drug-likeness (QED) is 0.730. The fourth-order valence-electron chi connectivity index (χ4n) is 2.18. The molecule has 4 N–H and O–H groups in total. The first kappa shape index (κ1) is 9.45. The zero-order valence-electron chi connectivity index (χ0n) is 8.20. The summed E-state index contributed by atoms with van der Waals surface area (Å²) in [6, 6.07) is 0. The maximum atomic E-state index is 5.81. The van der Waals surface area contributed by atoms with Gasteiger partial charge >= 0.3 is 0 Å². The van der Waals surface area contributed by atoms with E-state index in [0.29, 0.717) is 12.4 Å². The molecule has 0 radical (unpaired) electrons. The lowest BCUT2D eigenvalue weighted by molar-refractivity contribution is 0.220. The van der Waals surface area contributed by atoms with Gasteiger partial charge in [-0.05, 0) is 18.0 Å². The molecule has 1 aliphatic rings. The summed E-state index contributed by atoms with van der Waals surface area (Å²) in [5, 5.41) is 3.62. The highest BCUT2D eigenvalue weighted by molar-refractivity contribution is 5.16. The van der Waals surface area contributed by atoms with E-state index in [9.17, 15) is 0 Å². The molecule has 78 valence electrons. The van der Waals surface area contributed by atoms with Gasteiger partial charge in [-0.25, -0.2) is 0 Å². The zero-order valence-corrected chi connectivity index (χ0v) is 8.20. The normalized spacial score (nSPS) is 20.9. The summed E-state index contributed by atoms with van der Waals surface area (Å²) in [6.07, 6.45) is 5.70. The second kappa shape index (κ2) is 3.57. The van der Waals surface area contributed by atoms with E-state index in [1.165, 1.54) is 19.3 Å². The summed E-state index contributed by atoms with van der Waals surface area (Å²) >= 11 is 0. The molecule has 1 aromatic rings. The van der Waals surface area contributed by atoms with Crippen LogP contribution in [0.1, 0.15) is 38.0 Å². The van der Waals surface area contributed by atoms with Crippen LogP contribution in [0.5, 0.6) is 0 Å². The van der Waals surface area contributed by atoms with Gasteiger partial charge < -0.3 is 16.0 Å². The monoisotopic (exact) mass is 196 g/mol. The number of nitrogens with two attached hydrogens (primary N) is 2. The van der Waals surface area contributed by atoms with Gasteiger partial charge in [0.15, 0.2) is 0 Å². The van der Waals surface area contributed by atoms with Gasteiger partial charge in [0.05, 0.1) is 5.41 Å². The van der Waals surface area contributed by atoms with Gasteiger partial charge in [0, 0.05) is 6.54 Å². The lowest BCUT2D eigenvalue weighted by Gasteiger charge is -2.32. The molecule has 14 heavy (non-hydrogen) atoms. The Hall–Kier alpha value is -1.10. The van der Waals surface area contributed by atoms with E-state index < -0.39 is 0 Å². The van der Waals surface area contributed by atoms with Crippen LogP contribution in [0.3, 0.4) is 0 Å². The van der Waals surface area contributed by atoms with Gasteiger partial charge in [-0.15, -0.1) is 0 Å². The minimum absolute atomic E-state index is 0.108. The highest BCUT2D eigenvalue weighted by Gasteiger charge is 2.37. The maximum absolute atomic E-state index is 5.81.